The minimum absolute atomic E-state index is 0.284. The Hall–Kier alpha value is -1.81. The standard InChI is InChI=1S/C13H6FIN4OS/c14-6-1-2-8-12(21-19-18-8)10(6)9-3-5-7(15)4-17-13(16)11(5)20-9/h1-4H,(H2,16,17). The van der Waals surface area contributed by atoms with Crippen molar-refractivity contribution in [3.63, 3.8) is 0 Å². The van der Waals surface area contributed by atoms with Gasteiger partial charge >= 0.3 is 0 Å². The van der Waals surface area contributed by atoms with Gasteiger partial charge in [-0.3, -0.25) is 0 Å². The first-order valence-corrected chi connectivity index (χ1v) is 7.75. The summed E-state index contributed by atoms with van der Waals surface area (Å²) in [4.78, 5) is 4.05. The molecule has 0 amide bonds. The number of aromatic nitrogens is 3. The first-order chi connectivity index (χ1) is 10.1. The van der Waals surface area contributed by atoms with Crippen molar-refractivity contribution in [2.75, 3.05) is 5.73 Å². The summed E-state index contributed by atoms with van der Waals surface area (Å²) in [5.74, 6) is 0.303. The molecule has 0 saturated carbocycles. The van der Waals surface area contributed by atoms with Gasteiger partial charge in [0.15, 0.2) is 11.4 Å². The van der Waals surface area contributed by atoms with Crippen LogP contribution in [0.2, 0.25) is 0 Å². The molecule has 0 fully saturated rings. The molecule has 4 aromatic rings. The minimum atomic E-state index is -0.380. The van der Waals surface area contributed by atoms with Crippen LogP contribution in [-0.2, 0) is 0 Å². The molecule has 0 radical (unpaired) electrons. The molecule has 3 aromatic heterocycles. The molecule has 1 aromatic carbocycles. The van der Waals surface area contributed by atoms with E-state index >= 15 is 0 Å². The molecule has 8 heteroatoms. The molecule has 0 bridgehead atoms. The van der Waals surface area contributed by atoms with Crippen molar-refractivity contribution < 1.29 is 8.81 Å². The molecule has 0 unspecified atom stereocenters. The third-order valence-corrected chi connectivity index (χ3v) is 4.77. The minimum Gasteiger partial charge on any atom is -0.452 e. The highest BCUT2D eigenvalue weighted by Gasteiger charge is 2.19. The predicted molar refractivity (Wildman–Crippen MR) is 87.5 cm³/mol. The Morgan fingerprint density at radius 3 is 3.00 bits per heavy atom. The molecule has 0 saturated heterocycles. The lowest BCUT2D eigenvalue weighted by molar-refractivity contribution is 0.603. The maximum absolute atomic E-state index is 14.3. The highest BCUT2D eigenvalue weighted by atomic mass is 127. The smallest absolute Gasteiger partial charge is 0.177 e. The molecule has 0 spiro atoms. The third kappa shape index (κ3) is 1.89. The van der Waals surface area contributed by atoms with Crippen molar-refractivity contribution in [1.82, 2.24) is 14.6 Å². The highest BCUT2D eigenvalue weighted by molar-refractivity contribution is 14.1. The van der Waals surface area contributed by atoms with E-state index in [0.29, 0.717) is 27.1 Å². The number of halogens is 2. The SMILES string of the molecule is Nc1ncc(I)c2cc(-c3c(F)ccc4nnsc34)oc12. The van der Waals surface area contributed by atoms with Crippen LogP contribution in [0.1, 0.15) is 0 Å². The summed E-state index contributed by atoms with van der Waals surface area (Å²) in [7, 11) is 0. The van der Waals surface area contributed by atoms with Gasteiger partial charge < -0.3 is 10.2 Å². The van der Waals surface area contributed by atoms with Crippen LogP contribution in [0.4, 0.5) is 10.2 Å². The van der Waals surface area contributed by atoms with Gasteiger partial charge in [0.2, 0.25) is 0 Å². The van der Waals surface area contributed by atoms with Crippen molar-refractivity contribution in [2.24, 2.45) is 0 Å². The molecule has 0 atom stereocenters. The average Bonchev–Trinajstić information content (AvgIpc) is 3.09. The maximum atomic E-state index is 14.3. The number of fused-ring (bicyclic) bond motifs is 2. The van der Waals surface area contributed by atoms with Crippen molar-refractivity contribution in [2.45, 2.75) is 0 Å². The van der Waals surface area contributed by atoms with Gasteiger partial charge in [-0.05, 0) is 52.3 Å². The number of furan rings is 1. The molecule has 4 rings (SSSR count). The molecule has 0 aliphatic heterocycles. The summed E-state index contributed by atoms with van der Waals surface area (Å²) in [6.07, 6.45) is 1.66. The van der Waals surface area contributed by atoms with Gasteiger partial charge in [-0.1, -0.05) is 4.49 Å². The topological polar surface area (TPSA) is 77.8 Å². The van der Waals surface area contributed by atoms with E-state index in [1.165, 1.54) is 6.07 Å². The Labute approximate surface area is 135 Å². The van der Waals surface area contributed by atoms with Gasteiger partial charge in [0, 0.05) is 15.2 Å². The Bertz CT molecular complexity index is 958. The summed E-state index contributed by atoms with van der Waals surface area (Å²) < 4.78 is 25.4. The Balaban J connectivity index is 2.09. The van der Waals surface area contributed by atoms with Crippen LogP contribution in [0.5, 0.6) is 0 Å². The lowest BCUT2D eigenvalue weighted by Gasteiger charge is -1.99. The van der Waals surface area contributed by atoms with Crippen LogP contribution in [0, 0.1) is 9.39 Å². The average molecular weight is 412 g/mol. The first-order valence-electron chi connectivity index (χ1n) is 5.89. The fourth-order valence-electron chi connectivity index (χ4n) is 2.19. The van der Waals surface area contributed by atoms with E-state index in [2.05, 4.69) is 37.2 Å². The largest absolute Gasteiger partial charge is 0.452 e. The molecule has 104 valence electrons. The van der Waals surface area contributed by atoms with Crippen LogP contribution in [0.15, 0.2) is 28.8 Å². The number of nitrogen functional groups attached to an aromatic ring is 1. The monoisotopic (exact) mass is 412 g/mol. The zero-order chi connectivity index (χ0) is 14.6. The van der Waals surface area contributed by atoms with Crippen LogP contribution < -0.4 is 5.73 Å². The fraction of sp³-hybridized carbons (Fsp3) is 0. The number of nitrogens with two attached hydrogens (primary N) is 1. The Kier molecular flexibility index (Phi) is 2.82. The number of benzene rings is 1. The summed E-state index contributed by atoms with van der Waals surface area (Å²) in [6.45, 7) is 0. The van der Waals surface area contributed by atoms with Crippen LogP contribution in [-0.4, -0.2) is 14.6 Å². The van der Waals surface area contributed by atoms with Gasteiger partial charge in [0.1, 0.15) is 17.1 Å². The van der Waals surface area contributed by atoms with Crippen molar-refractivity contribution in [3.05, 3.63) is 33.8 Å². The van der Waals surface area contributed by atoms with E-state index in [4.69, 9.17) is 10.2 Å². The summed E-state index contributed by atoms with van der Waals surface area (Å²) in [5.41, 5.74) is 7.28. The normalized spacial score (nSPS) is 11.5. The van der Waals surface area contributed by atoms with Gasteiger partial charge in [-0.15, -0.1) is 5.10 Å². The van der Waals surface area contributed by atoms with Crippen molar-refractivity contribution >= 4 is 61.1 Å². The zero-order valence-corrected chi connectivity index (χ0v) is 13.3. The molecule has 2 N–H and O–H groups in total. The Morgan fingerprint density at radius 1 is 1.33 bits per heavy atom. The van der Waals surface area contributed by atoms with Gasteiger partial charge in [0.05, 0.1) is 10.3 Å². The van der Waals surface area contributed by atoms with E-state index in [1.54, 1.807) is 18.3 Å². The molecule has 0 aliphatic rings. The number of nitrogens with zero attached hydrogens (tertiary/aromatic N) is 3. The molecule has 3 heterocycles. The number of hydrogen-bond acceptors (Lipinski definition) is 6. The quantitative estimate of drug-likeness (QED) is 0.481. The first kappa shape index (κ1) is 12.9. The van der Waals surface area contributed by atoms with Gasteiger partial charge in [-0.2, -0.15) is 0 Å². The second-order valence-electron chi connectivity index (χ2n) is 4.39. The van der Waals surface area contributed by atoms with E-state index in [0.717, 1.165) is 20.5 Å². The zero-order valence-electron chi connectivity index (χ0n) is 10.3. The Morgan fingerprint density at radius 2 is 2.19 bits per heavy atom. The van der Waals surface area contributed by atoms with E-state index in [1.807, 2.05) is 0 Å². The molecule has 5 nitrogen and oxygen atoms in total. The number of anilines is 1. The highest BCUT2D eigenvalue weighted by Crippen LogP contribution is 2.38. The summed E-state index contributed by atoms with van der Waals surface area (Å²) in [5, 5.41) is 4.77. The van der Waals surface area contributed by atoms with E-state index < -0.39 is 0 Å². The van der Waals surface area contributed by atoms with E-state index in [9.17, 15) is 4.39 Å². The fourth-order valence-corrected chi connectivity index (χ4v) is 3.43. The predicted octanol–water partition coefficient (Wildman–Crippen LogP) is 3.83. The maximum Gasteiger partial charge on any atom is 0.177 e. The van der Waals surface area contributed by atoms with Crippen LogP contribution in [0.3, 0.4) is 0 Å². The van der Waals surface area contributed by atoms with E-state index in [-0.39, 0.29) is 11.6 Å². The van der Waals surface area contributed by atoms with Crippen LogP contribution in [0.25, 0.3) is 32.5 Å². The van der Waals surface area contributed by atoms with Gasteiger partial charge in [0.25, 0.3) is 0 Å². The lowest BCUT2D eigenvalue weighted by atomic mass is 10.1. The van der Waals surface area contributed by atoms with Crippen LogP contribution >= 0.6 is 34.1 Å². The molecule has 21 heavy (non-hydrogen) atoms. The third-order valence-electron chi connectivity index (χ3n) is 3.15. The molecule has 0 aliphatic carbocycles. The van der Waals surface area contributed by atoms with Crippen molar-refractivity contribution in [1.29, 1.82) is 0 Å². The van der Waals surface area contributed by atoms with Gasteiger partial charge in [-0.25, -0.2) is 9.37 Å². The lowest BCUT2D eigenvalue weighted by Crippen LogP contribution is -1.90. The summed E-state index contributed by atoms with van der Waals surface area (Å²) in [6, 6.07) is 4.73. The van der Waals surface area contributed by atoms with Crippen molar-refractivity contribution in [3.8, 4) is 11.3 Å². The molecular weight excluding hydrogens is 406 g/mol. The number of hydrogen-bond donors (Lipinski definition) is 1. The summed E-state index contributed by atoms with van der Waals surface area (Å²) >= 11 is 3.27. The second-order valence-corrected chi connectivity index (χ2v) is 6.30. The second kappa shape index (κ2) is 4.60. The number of pyridine rings is 1. The molecular formula is C13H6FIN4OS. The number of rotatable bonds is 1.